The van der Waals surface area contributed by atoms with Crippen molar-refractivity contribution in [1.82, 2.24) is 9.97 Å². The van der Waals surface area contributed by atoms with Gasteiger partial charge in [-0.25, -0.2) is 9.97 Å². The summed E-state index contributed by atoms with van der Waals surface area (Å²) < 4.78 is 6.36. The van der Waals surface area contributed by atoms with E-state index >= 15 is 0 Å². The highest BCUT2D eigenvalue weighted by atomic mass is 79.9. The maximum absolute atomic E-state index is 5.36. The summed E-state index contributed by atoms with van der Waals surface area (Å²) in [6.07, 6.45) is 3.19. The predicted octanol–water partition coefficient (Wildman–Crippen LogP) is 3.65. The van der Waals surface area contributed by atoms with Gasteiger partial charge in [-0.05, 0) is 30.3 Å². The Labute approximate surface area is 100 Å². The number of halogens is 1. The highest BCUT2D eigenvalue weighted by Gasteiger charge is 2.08. The van der Waals surface area contributed by atoms with Gasteiger partial charge in [0.1, 0.15) is 12.0 Å². The minimum Gasteiger partial charge on any atom is -0.463 e. The average Bonchev–Trinajstić information content (AvgIpc) is 2.81. The number of hydrogen-bond acceptors (Lipinski definition) is 3. The Morgan fingerprint density at radius 2 is 2.06 bits per heavy atom. The molecule has 0 bridgehead atoms. The summed E-state index contributed by atoms with van der Waals surface area (Å²) in [5.74, 6) is 0.759. The number of benzene rings is 1. The van der Waals surface area contributed by atoms with Gasteiger partial charge in [-0.1, -0.05) is 15.9 Å². The fraction of sp³-hybridized carbons (Fsp3) is 0. The lowest BCUT2D eigenvalue weighted by Gasteiger charge is -2.02. The van der Waals surface area contributed by atoms with Gasteiger partial charge in [0, 0.05) is 9.86 Å². The molecule has 3 nitrogen and oxygen atoms in total. The van der Waals surface area contributed by atoms with Crippen LogP contribution in [0.5, 0.6) is 0 Å². The van der Waals surface area contributed by atoms with Crippen LogP contribution < -0.4 is 0 Å². The summed E-state index contributed by atoms with van der Waals surface area (Å²) >= 11 is 3.42. The Balaban J connectivity index is 2.34. The molecule has 78 valence electrons. The summed E-state index contributed by atoms with van der Waals surface area (Å²) in [5, 5.41) is 0.987. The van der Waals surface area contributed by atoms with Crippen LogP contribution in [0.1, 0.15) is 0 Å². The molecule has 0 amide bonds. The highest BCUT2D eigenvalue weighted by molar-refractivity contribution is 9.10. The Kier molecular flexibility index (Phi) is 2.22. The van der Waals surface area contributed by atoms with E-state index in [2.05, 4.69) is 25.9 Å². The van der Waals surface area contributed by atoms with Crippen LogP contribution in [0.4, 0.5) is 0 Å². The van der Waals surface area contributed by atoms with Gasteiger partial charge in [0.25, 0.3) is 0 Å². The molecule has 0 N–H and O–H groups in total. The molecule has 0 saturated carbocycles. The smallest absolute Gasteiger partial charge is 0.152 e. The van der Waals surface area contributed by atoms with Gasteiger partial charge in [-0.2, -0.15) is 0 Å². The Morgan fingerprint density at radius 3 is 2.88 bits per heavy atom. The normalized spacial score (nSPS) is 10.8. The molecular weight excluding hydrogens is 268 g/mol. The monoisotopic (exact) mass is 274 g/mol. The van der Waals surface area contributed by atoms with E-state index in [-0.39, 0.29) is 0 Å². The summed E-state index contributed by atoms with van der Waals surface area (Å²) in [7, 11) is 0. The van der Waals surface area contributed by atoms with E-state index in [1.807, 2.05) is 30.3 Å². The number of rotatable bonds is 1. The van der Waals surface area contributed by atoms with Gasteiger partial charge in [-0.3, -0.25) is 0 Å². The molecule has 2 aromatic heterocycles. The van der Waals surface area contributed by atoms with Crippen molar-refractivity contribution in [3.05, 3.63) is 47.4 Å². The summed E-state index contributed by atoms with van der Waals surface area (Å²) in [5.41, 5.74) is 1.72. The molecule has 0 unspecified atom stereocenters. The lowest BCUT2D eigenvalue weighted by Crippen LogP contribution is -1.87. The topological polar surface area (TPSA) is 38.9 Å². The van der Waals surface area contributed by atoms with Crippen LogP contribution in [0, 0.1) is 0 Å². The lowest BCUT2D eigenvalue weighted by atomic mass is 10.1. The molecule has 0 spiro atoms. The number of fused-ring (bicyclic) bond motifs is 1. The van der Waals surface area contributed by atoms with Crippen LogP contribution in [-0.2, 0) is 0 Å². The molecule has 2 heterocycles. The first-order chi connectivity index (χ1) is 7.84. The predicted molar refractivity (Wildman–Crippen MR) is 64.9 cm³/mol. The summed E-state index contributed by atoms with van der Waals surface area (Å²) in [4.78, 5) is 8.49. The molecule has 0 aliphatic carbocycles. The zero-order valence-electron chi connectivity index (χ0n) is 8.22. The fourth-order valence-corrected chi connectivity index (χ4v) is 1.99. The molecule has 3 aromatic rings. The van der Waals surface area contributed by atoms with Gasteiger partial charge < -0.3 is 4.42 Å². The van der Waals surface area contributed by atoms with Crippen molar-refractivity contribution < 1.29 is 4.42 Å². The van der Waals surface area contributed by atoms with Crippen LogP contribution in [0.2, 0.25) is 0 Å². The molecule has 1 aromatic carbocycles. The highest BCUT2D eigenvalue weighted by Crippen LogP contribution is 2.27. The molecule has 0 radical (unpaired) electrons. The third kappa shape index (κ3) is 1.51. The van der Waals surface area contributed by atoms with Crippen molar-refractivity contribution in [2.24, 2.45) is 0 Å². The molecule has 16 heavy (non-hydrogen) atoms. The average molecular weight is 275 g/mol. The Bertz CT molecular complexity index is 635. The third-order valence-electron chi connectivity index (χ3n) is 2.35. The molecule has 0 atom stereocenters. The molecule has 0 aliphatic heterocycles. The maximum Gasteiger partial charge on any atom is 0.152 e. The first kappa shape index (κ1) is 9.54. The van der Waals surface area contributed by atoms with E-state index in [1.165, 1.54) is 0 Å². The van der Waals surface area contributed by atoms with Gasteiger partial charge >= 0.3 is 0 Å². The Hall–Kier alpha value is -1.68. The summed E-state index contributed by atoms with van der Waals surface area (Å²) in [6, 6.07) is 9.66. The molecule has 4 heteroatoms. The van der Waals surface area contributed by atoms with E-state index in [0.717, 1.165) is 26.8 Å². The van der Waals surface area contributed by atoms with Crippen LogP contribution in [0.15, 0.2) is 51.8 Å². The molecular formula is C12H7BrN2O. The first-order valence-corrected chi connectivity index (χ1v) is 5.58. The third-order valence-corrected chi connectivity index (χ3v) is 2.85. The van der Waals surface area contributed by atoms with Crippen LogP contribution in [0.25, 0.3) is 22.4 Å². The van der Waals surface area contributed by atoms with Crippen molar-refractivity contribution in [3.8, 4) is 11.5 Å². The molecule has 3 rings (SSSR count). The first-order valence-electron chi connectivity index (χ1n) is 4.79. The second-order valence-electron chi connectivity index (χ2n) is 3.36. The SMILES string of the molecule is Brc1ccc2c(-c3ccco3)ncnc2c1. The van der Waals surface area contributed by atoms with Gasteiger partial charge in [0.2, 0.25) is 0 Å². The zero-order chi connectivity index (χ0) is 11.0. The van der Waals surface area contributed by atoms with Crippen molar-refractivity contribution in [3.63, 3.8) is 0 Å². The standard InChI is InChI=1S/C12H7BrN2O/c13-8-3-4-9-10(6-8)14-7-15-12(9)11-2-1-5-16-11/h1-7H. The second kappa shape index (κ2) is 3.72. The fourth-order valence-electron chi connectivity index (χ4n) is 1.64. The van der Waals surface area contributed by atoms with E-state index in [1.54, 1.807) is 12.6 Å². The number of aromatic nitrogens is 2. The Morgan fingerprint density at radius 1 is 1.12 bits per heavy atom. The van der Waals surface area contributed by atoms with Crippen molar-refractivity contribution in [1.29, 1.82) is 0 Å². The van der Waals surface area contributed by atoms with Crippen LogP contribution in [0.3, 0.4) is 0 Å². The number of nitrogens with zero attached hydrogens (tertiary/aromatic N) is 2. The van der Waals surface area contributed by atoms with Crippen molar-refractivity contribution in [2.45, 2.75) is 0 Å². The second-order valence-corrected chi connectivity index (χ2v) is 4.28. The van der Waals surface area contributed by atoms with E-state index in [4.69, 9.17) is 4.42 Å². The van der Waals surface area contributed by atoms with Crippen LogP contribution >= 0.6 is 15.9 Å². The van der Waals surface area contributed by atoms with Crippen LogP contribution in [-0.4, -0.2) is 9.97 Å². The lowest BCUT2D eigenvalue weighted by molar-refractivity contribution is 0.580. The van der Waals surface area contributed by atoms with Gasteiger partial charge in [0.05, 0.1) is 11.8 Å². The molecule has 0 saturated heterocycles. The maximum atomic E-state index is 5.36. The van der Waals surface area contributed by atoms with E-state index in [9.17, 15) is 0 Å². The number of furan rings is 1. The van der Waals surface area contributed by atoms with Crippen molar-refractivity contribution >= 4 is 26.8 Å². The summed E-state index contributed by atoms with van der Waals surface area (Å²) in [6.45, 7) is 0. The largest absolute Gasteiger partial charge is 0.463 e. The molecule has 0 aliphatic rings. The number of hydrogen-bond donors (Lipinski definition) is 0. The van der Waals surface area contributed by atoms with E-state index in [0.29, 0.717) is 0 Å². The van der Waals surface area contributed by atoms with Gasteiger partial charge in [0.15, 0.2) is 5.76 Å². The van der Waals surface area contributed by atoms with Gasteiger partial charge in [-0.15, -0.1) is 0 Å². The molecule has 0 fully saturated rings. The van der Waals surface area contributed by atoms with E-state index < -0.39 is 0 Å². The minimum atomic E-state index is 0.759. The van der Waals surface area contributed by atoms with Crippen molar-refractivity contribution in [2.75, 3.05) is 0 Å². The zero-order valence-corrected chi connectivity index (χ0v) is 9.81. The quantitative estimate of drug-likeness (QED) is 0.680. The minimum absolute atomic E-state index is 0.759.